The van der Waals surface area contributed by atoms with Gasteiger partial charge in [0.15, 0.2) is 0 Å². The first-order chi connectivity index (χ1) is 7.68. The molecule has 3 heteroatoms. The summed E-state index contributed by atoms with van der Waals surface area (Å²) >= 11 is 0. The van der Waals surface area contributed by atoms with Crippen molar-refractivity contribution in [3.8, 4) is 0 Å². The number of hydrogen-bond acceptors (Lipinski definition) is 2. The van der Waals surface area contributed by atoms with Crippen molar-refractivity contribution in [2.45, 2.75) is 25.8 Å². The molecule has 0 bridgehead atoms. The Morgan fingerprint density at radius 2 is 2.06 bits per heavy atom. The lowest BCUT2D eigenvalue weighted by atomic mass is 9.87. The van der Waals surface area contributed by atoms with Crippen molar-refractivity contribution in [3.63, 3.8) is 0 Å². The summed E-state index contributed by atoms with van der Waals surface area (Å²) in [7, 11) is 0. The van der Waals surface area contributed by atoms with Gasteiger partial charge < -0.3 is 10.5 Å². The van der Waals surface area contributed by atoms with Crippen molar-refractivity contribution in [3.05, 3.63) is 35.1 Å². The third-order valence-corrected chi connectivity index (χ3v) is 3.34. The number of nitrogens with two attached hydrogens (primary N) is 1. The Hall–Kier alpha value is -0.930. The van der Waals surface area contributed by atoms with Gasteiger partial charge in [0.1, 0.15) is 5.82 Å². The third kappa shape index (κ3) is 2.42. The molecule has 1 atom stereocenters. The molecule has 0 saturated carbocycles. The second-order valence-electron chi connectivity index (χ2n) is 4.48. The van der Waals surface area contributed by atoms with E-state index in [0.29, 0.717) is 11.5 Å². The van der Waals surface area contributed by atoms with Gasteiger partial charge in [-0.25, -0.2) is 4.39 Å². The molecule has 2 rings (SSSR count). The van der Waals surface area contributed by atoms with E-state index in [9.17, 15) is 4.39 Å². The van der Waals surface area contributed by atoms with Gasteiger partial charge in [0, 0.05) is 19.3 Å². The van der Waals surface area contributed by atoms with Crippen LogP contribution < -0.4 is 5.73 Å². The lowest BCUT2D eigenvalue weighted by Crippen LogP contribution is -2.27. The maximum absolute atomic E-state index is 13.1. The van der Waals surface area contributed by atoms with E-state index in [1.807, 2.05) is 6.07 Å². The Morgan fingerprint density at radius 3 is 2.69 bits per heavy atom. The Bertz CT molecular complexity index is 361. The van der Waals surface area contributed by atoms with Crippen molar-refractivity contribution >= 4 is 0 Å². The van der Waals surface area contributed by atoms with Gasteiger partial charge in [-0.2, -0.15) is 0 Å². The predicted molar refractivity (Wildman–Crippen MR) is 61.6 cm³/mol. The lowest BCUT2D eigenvalue weighted by Gasteiger charge is -2.28. The van der Waals surface area contributed by atoms with Crippen LogP contribution in [0, 0.1) is 18.7 Å². The molecular formula is C13H18FNO. The standard InChI is InChI=1S/C13H18FNO/c1-9-8-11(2-3-12(9)14)13(15)10-4-6-16-7-5-10/h2-3,8,10,13H,4-7,15H2,1H3/t13-/m0/s1. The summed E-state index contributed by atoms with van der Waals surface area (Å²) in [5.74, 6) is 0.293. The number of ether oxygens (including phenoxy) is 1. The Kier molecular flexibility index (Phi) is 3.56. The smallest absolute Gasteiger partial charge is 0.126 e. The summed E-state index contributed by atoms with van der Waals surface area (Å²) < 4.78 is 18.5. The van der Waals surface area contributed by atoms with Crippen molar-refractivity contribution in [1.29, 1.82) is 0 Å². The molecule has 1 aromatic carbocycles. The van der Waals surface area contributed by atoms with Crippen LogP contribution >= 0.6 is 0 Å². The second-order valence-corrected chi connectivity index (χ2v) is 4.48. The normalized spacial score (nSPS) is 19.7. The summed E-state index contributed by atoms with van der Waals surface area (Å²) in [5.41, 5.74) is 7.91. The van der Waals surface area contributed by atoms with E-state index in [2.05, 4.69) is 0 Å². The Labute approximate surface area is 95.6 Å². The third-order valence-electron chi connectivity index (χ3n) is 3.34. The van der Waals surface area contributed by atoms with Crippen molar-refractivity contribution in [2.24, 2.45) is 11.7 Å². The van der Waals surface area contributed by atoms with Gasteiger partial charge in [0.05, 0.1) is 0 Å². The quantitative estimate of drug-likeness (QED) is 0.836. The van der Waals surface area contributed by atoms with Gasteiger partial charge >= 0.3 is 0 Å². The molecular weight excluding hydrogens is 205 g/mol. The van der Waals surface area contributed by atoms with Gasteiger partial charge in [-0.15, -0.1) is 0 Å². The van der Waals surface area contributed by atoms with Gasteiger partial charge in [-0.05, 0) is 42.9 Å². The highest BCUT2D eigenvalue weighted by atomic mass is 19.1. The maximum Gasteiger partial charge on any atom is 0.126 e. The SMILES string of the molecule is Cc1cc([C@@H](N)C2CCOCC2)ccc1F. The van der Waals surface area contributed by atoms with Crippen LogP contribution in [0.1, 0.15) is 30.0 Å². The molecule has 0 aliphatic carbocycles. The van der Waals surface area contributed by atoms with Crippen molar-refractivity contribution in [1.82, 2.24) is 0 Å². The average Bonchev–Trinajstić information content (AvgIpc) is 2.33. The molecule has 0 unspecified atom stereocenters. The highest BCUT2D eigenvalue weighted by Gasteiger charge is 2.22. The van der Waals surface area contributed by atoms with E-state index < -0.39 is 0 Å². The monoisotopic (exact) mass is 223 g/mol. The fourth-order valence-corrected chi connectivity index (χ4v) is 2.22. The van der Waals surface area contributed by atoms with Crippen LogP contribution in [0.4, 0.5) is 4.39 Å². The van der Waals surface area contributed by atoms with Crippen molar-refractivity contribution < 1.29 is 9.13 Å². The first-order valence-electron chi connectivity index (χ1n) is 5.78. The Morgan fingerprint density at radius 1 is 1.38 bits per heavy atom. The van der Waals surface area contributed by atoms with E-state index in [1.54, 1.807) is 13.0 Å². The molecule has 2 nitrogen and oxygen atoms in total. The molecule has 1 saturated heterocycles. The van der Waals surface area contributed by atoms with Gasteiger partial charge in [0.2, 0.25) is 0 Å². The van der Waals surface area contributed by atoms with E-state index >= 15 is 0 Å². The predicted octanol–water partition coefficient (Wildman–Crippen LogP) is 2.56. The molecule has 2 N–H and O–H groups in total. The van der Waals surface area contributed by atoms with Crippen LogP contribution in [0.25, 0.3) is 0 Å². The molecule has 1 aliphatic rings. The zero-order valence-corrected chi connectivity index (χ0v) is 9.58. The number of hydrogen-bond donors (Lipinski definition) is 1. The van der Waals surface area contributed by atoms with Gasteiger partial charge in [-0.3, -0.25) is 0 Å². The van der Waals surface area contributed by atoms with Crippen LogP contribution in [-0.2, 0) is 4.74 Å². The molecule has 0 aromatic heterocycles. The van der Waals surface area contributed by atoms with Gasteiger partial charge in [-0.1, -0.05) is 12.1 Å². The zero-order chi connectivity index (χ0) is 11.5. The maximum atomic E-state index is 13.1. The van der Waals surface area contributed by atoms with E-state index in [0.717, 1.165) is 31.6 Å². The molecule has 88 valence electrons. The molecule has 1 aliphatic heterocycles. The zero-order valence-electron chi connectivity index (χ0n) is 9.58. The molecule has 0 spiro atoms. The molecule has 0 amide bonds. The fourth-order valence-electron chi connectivity index (χ4n) is 2.22. The molecule has 1 aromatic rings. The van der Waals surface area contributed by atoms with Crippen LogP contribution in [0.2, 0.25) is 0 Å². The van der Waals surface area contributed by atoms with Crippen molar-refractivity contribution in [2.75, 3.05) is 13.2 Å². The van der Waals surface area contributed by atoms with Crippen LogP contribution in [0.15, 0.2) is 18.2 Å². The lowest BCUT2D eigenvalue weighted by molar-refractivity contribution is 0.0583. The average molecular weight is 223 g/mol. The first kappa shape index (κ1) is 11.6. The molecule has 16 heavy (non-hydrogen) atoms. The summed E-state index contributed by atoms with van der Waals surface area (Å²) in [6.45, 7) is 3.35. The minimum atomic E-state index is -0.164. The van der Waals surface area contributed by atoms with E-state index in [-0.39, 0.29) is 11.9 Å². The van der Waals surface area contributed by atoms with E-state index in [4.69, 9.17) is 10.5 Å². The largest absolute Gasteiger partial charge is 0.381 e. The number of halogens is 1. The summed E-state index contributed by atoms with van der Waals surface area (Å²) in [5, 5.41) is 0. The fraction of sp³-hybridized carbons (Fsp3) is 0.538. The summed E-state index contributed by atoms with van der Waals surface area (Å²) in [6.07, 6.45) is 2.00. The minimum Gasteiger partial charge on any atom is -0.381 e. The first-order valence-corrected chi connectivity index (χ1v) is 5.78. The molecule has 1 heterocycles. The summed E-state index contributed by atoms with van der Waals surface area (Å²) in [4.78, 5) is 0. The molecule has 1 fully saturated rings. The second kappa shape index (κ2) is 4.93. The Balaban J connectivity index is 2.12. The van der Waals surface area contributed by atoms with E-state index in [1.165, 1.54) is 6.07 Å². The van der Waals surface area contributed by atoms with Crippen LogP contribution in [0.5, 0.6) is 0 Å². The minimum absolute atomic E-state index is 0.00296. The number of rotatable bonds is 2. The topological polar surface area (TPSA) is 35.2 Å². The summed E-state index contributed by atoms with van der Waals surface area (Å²) in [6, 6.07) is 5.16. The van der Waals surface area contributed by atoms with Gasteiger partial charge in [0.25, 0.3) is 0 Å². The number of benzene rings is 1. The number of aryl methyl sites for hydroxylation is 1. The van der Waals surface area contributed by atoms with Crippen LogP contribution in [-0.4, -0.2) is 13.2 Å². The highest BCUT2D eigenvalue weighted by molar-refractivity contribution is 5.26. The molecule has 0 radical (unpaired) electrons. The highest BCUT2D eigenvalue weighted by Crippen LogP contribution is 2.28. The van der Waals surface area contributed by atoms with Crippen LogP contribution in [0.3, 0.4) is 0 Å².